The number of carboxylic acids is 2. The van der Waals surface area contributed by atoms with E-state index in [1.54, 1.807) is 9.47 Å². The minimum absolute atomic E-state index is 0. The van der Waals surface area contributed by atoms with Gasteiger partial charge in [-0.05, 0) is 32.3 Å². The van der Waals surface area contributed by atoms with Gasteiger partial charge >= 0.3 is 65.2 Å². The Hall–Kier alpha value is -1.47. The summed E-state index contributed by atoms with van der Waals surface area (Å²) >= 11 is 8.93. The molecule has 2 aromatic rings. The van der Waals surface area contributed by atoms with Gasteiger partial charge in [-0.3, -0.25) is 14.5 Å². The third kappa shape index (κ3) is 7.23. The zero-order valence-electron chi connectivity index (χ0n) is 25.6. The van der Waals surface area contributed by atoms with Crippen LogP contribution in [-0.4, -0.2) is 81.5 Å². The first-order chi connectivity index (χ1) is 21.4. The van der Waals surface area contributed by atoms with Crippen molar-refractivity contribution in [2.24, 2.45) is 5.92 Å². The third-order valence-electron chi connectivity index (χ3n) is 8.18. The summed E-state index contributed by atoms with van der Waals surface area (Å²) in [5, 5.41) is 35.1. The van der Waals surface area contributed by atoms with Gasteiger partial charge in [0.05, 0.1) is 67.1 Å². The van der Waals surface area contributed by atoms with Crippen LogP contribution >= 0.6 is 35.1 Å². The predicted octanol–water partition coefficient (Wildman–Crippen LogP) is -5.63. The molecule has 0 spiro atoms. The van der Waals surface area contributed by atoms with E-state index in [1.165, 1.54) is 13.1 Å². The van der Waals surface area contributed by atoms with Gasteiger partial charge in [0.25, 0.3) is 0 Å². The molecule has 1 saturated carbocycles. The fourth-order valence-corrected chi connectivity index (χ4v) is 9.12. The van der Waals surface area contributed by atoms with Gasteiger partial charge < -0.3 is 44.4 Å². The summed E-state index contributed by atoms with van der Waals surface area (Å²) in [4.78, 5) is 63.5. The van der Waals surface area contributed by atoms with Crippen molar-refractivity contribution in [3.63, 3.8) is 0 Å². The number of aromatic carboxylic acids is 1. The van der Waals surface area contributed by atoms with Crippen LogP contribution in [0, 0.1) is 11.7 Å². The summed E-state index contributed by atoms with van der Waals surface area (Å²) in [7, 11) is 0. The number of β-lactam (4-membered cyclic amide) rings is 1. The number of benzene rings is 1. The van der Waals surface area contributed by atoms with Crippen LogP contribution in [0.1, 0.15) is 42.6 Å². The summed E-state index contributed by atoms with van der Waals surface area (Å²) in [6.07, 6.45) is 1.47. The van der Waals surface area contributed by atoms with Gasteiger partial charge in [0.1, 0.15) is 17.8 Å². The van der Waals surface area contributed by atoms with Gasteiger partial charge in [0.2, 0.25) is 5.91 Å². The number of pyridine rings is 1. The number of hydrogen-bond acceptors (Lipinski definition) is 12. The number of amides is 2. The van der Waals surface area contributed by atoms with E-state index in [1.807, 2.05) is 0 Å². The van der Waals surface area contributed by atoms with Crippen molar-refractivity contribution in [1.29, 1.82) is 0 Å². The van der Waals surface area contributed by atoms with Gasteiger partial charge in [-0.2, -0.15) is 0 Å². The number of ether oxygens (including phenoxy) is 1. The van der Waals surface area contributed by atoms with E-state index in [2.05, 4.69) is 5.32 Å². The smallest absolute Gasteiger partial charge is 0.545 e. The fraction of sp³-hybridized carbons (Fsp3) is 0.464. The molecule has 3 fully saturated rings. The van der Waals surface area contributed by atoms with E-state index in [4.69, 9.17) is 16.3 Å². The molecular formula is C28H26ClFN4Na2O9S2. The van der Waals surface area contributed by atoms with Crippen LogP contribution in [0.5, 0.6) is 0 Å². The zero-order valence-corrected chi connectivity index (χ0v) is 32.0. The number of halogens is 2. The molecule has 4 aliphatic rings. The van der Waals surface area contributed by atoms with Gasteiger partial charge in [-0.15, -0.1) is 11.8 Å². The van der Waals surface area contributed by atoms with E-state index in [9.17, 15) is 39.3 Å². The number of carboxylic acid groups (broad SMARTS) is 2. The van der Waals surface area contributed by atoms with Crippen LogP contribution in [0.4, 0.5) is 14.9 Å². The Bertz CT molecular complexity index is 1740. The fourth-order valence-electron chi connectivity index (χ4n) is 5.91. The number of aliphatic carboxylic acids is 1. The largest absolute Gasteiger partial charge is 1.00 e. The Balaban J connectivity index is 0.00000250. The van der Waals surface area contributed by atoms with E-state index in [0.29, 0.717) is 17.2 Å². The molecule has 2 N–H and O–H groups in total. The van der Waals surface area contributed by atoms with Crippen LogP contribution in [0.2, 0.25) is 5.02 Å². The molecule has 1 aliphatic carbocycles. The predicted molar refractivity (Wildman–Crippen MR) is 159 cm³/mol. The third-order valence-corrected chi connectivity index (χ3v) is 11.2. The summed E-state index contributed by atoms with van der Waals surface area (Å²) in [5.41, 5.74) is -1.41. The van der Waals surface area contributed by atoms with Crippen molar-refractivity contribution < 1.29 is 103 Å². The number of fused-ring (bicyclic) bond motifs is 2. The molecule has 13 nitrogen and oxygen atoms in total. The maximum absolute atomic E-state index is 15.4. The molecule has 0 bridgehead atoms. The molecule has 4 heterocycles. The maximum atomic E-state index is 15.4. The van der Waals surface area contributed by atoms with Crippen LogP contribution in [-0.2, 0) is 14.3 Å². The van der Waals surface area contributed by atoms with Crippen molar-refractivity contribution >= 4 is 75.7 Å². The zero-order chi connectivity index (χ0) is 32.3. The molecule has 1 aromatic carbocycles. The van der Waals surface area contributed by atoms with E-state index < -0.39 is 64.2 Å². The quantitative estimate of drug-likeness (QED) is 0.135. The molecule has 1 aromatic heterocycles. The number of alkyl carbamates (subject to hydrolysis) is 1. The van der Waals surface area contributed by atoms with Crippen molar-refractivity contribution in [3.8, 4) is 0 Å². The molecule has 0 radical (unpaired) electrons. The Morgan fingerprint density at radius 3 is 2.53 bits per heavy atom. The molecule has 6 rings (SSSR count). The topological polar surface area (TPSA) is 184 Å². The summed E-state index contributed by atoms with van der Waals surface area (Å²) < 4.78 is 22.6. The van der Waals surface area contributed by atoms with Gasteiger partial charge in [-0.25, -0.2) is 9.18 Å². The molecule has 240 valence electrons. The maximum Gasteiger partial charge on any atom is 1.00 e. The first-order valence-electron chi connectivity index (χ1n) is 14.1. The number of aliphatic hydroxyl groups excluding tert-OH is 1. The average Bonchev–Trinajstić information content (AvgIpc) is 3.62. The Kier molecular flexibility index (Phi) is 12.4. The molecule has 4 atom stereocenters. The number of carbonyl (C=O) groups is 4. The molecule has 3 aliphatic heterocycles. The molecule has 2 saturated heterocycles. The number of aliphatic hydroxyl groups is 1. The summed E-state index contributed by atoms with van der Waals surface area (Å²) in [6, 6.07) is 0.492. The number of anilines is 1. The van der Waals surface area contributed by atoms with Crippen LogP contribution in [0.25, 0.3) is 10.9 Å². The molecule has 2 amide bonds. The average molecular weight is 727 g/mol. The number of nitrogens with one attached hydrogen (secondary N) is 1. The summed E-state index contributed by atoms with van der Waals surface area (Å²) in [6.45, 7) is 1.91. The Morgan fingerprint density at radius 1 is 1.21 bits per heavy atom. The normalized spacial score (nSPS) is 22.3. The summed E-state index contributed by atoms with van der Waals surface area (Å²) in [5.74, 6) is -4.96. The molecule has 1 unspecified atom stereocenters. The molecular weight excluding hydrogens is 701 g/mol. The number of hydrogen-bond donors (Lipinski definition) is 2. The van der Waals surface area contributed by atoms with Crippen molar-refractivity contribution in [2.45, 2.75) is 49.7 Å². The van der Waals surface area contributed by atoms with Gasteiger partial charge in [0, 0.05) is 31.1 Å². The number of thioether (sulfide) groups is 2. The first-order valence-corrected chi connectivity index (χ1v) is 16.4. The second kappa shape index (κ2) is 15.2. The SMILES string of the molecule is C[C@@H](O)[C@@H]1C(=O)N2C(C(=O)[O-])=C(SCCOC(=O)NC3CCN(c4c(F)cc5c(=O)c(C(=O)[O-])cn(C6CC6)c5c4Cl)C3)S[C@H]12.[Na+].[Na+]. The van der Waals surface area contributed by atoms with Crippen molar-refractivity contribution in [3.05, 3.63) is 48.8 Å². The number of rotatable bonds is 10. The monoisotopic (exact) mass is 726 g/mol. The van der Waals surface area contributed by atoms with Crippen molar-refractivity contribution in [2.75, 3.05) is 30.3 Å². The van der Waals surface area contributed by atoms with Crippen molar-refractivity contribution in [1.82, 2.24) is 14.8 Å². The van der Waals surface area contributed by atoms with E-state index in [-0.39, 0.29) is 111 Å². The second-order valence-electron chi connectivity index (χ2n) is 11.2. The standard InChI is InChI=1S/C28H28ClFN4O9S2.2Na/c1-11(35)17-23(37)34-21(26(40)41)27(45-24(17)34)44-7-6-43-28(42)31-12-4-5-32(9-12)20-16(30)8-14-19(18(20)29)33(13-2-3-13)10-15(22(14)36)25(38)39;;/h8,10-13,17,24,35H,2-7,9H2,1H3,(H,31,42)(H,38,39)(H,40,41);;/q;2*+1/p-2/t11-,12?,17-,24-;;/m1../s1. The minimum Gasteiger partial charge on any atom is -0.545 e. The second-order valence-corrected chi connectivity index (χ2v) is 14.1. The Morgan fingerprint density at radius 2 is 1.91 bits per heavy atom. The van der Waals surface area contributed by atoms with Gasteiger partial charge in [0.15, 0.2) is 5.43 Å². The number of carbonyl (C=O) groups excluding carboxylic acids is 4. The first kappa shape index (κ1) is 38.3. The number of nitrogens with zero attached hydrogens (tertiary/aromatic N) is 3. The minimum atomic E-state index is -1.65. The van der Waals surface area contributed by atoms with Crippen LogP contribution < -0.4 is 85.0 Å². The van der Waals surface area contributed by atoms with E-state index in [0.717, 1.165) is 47.3 Å². The molecule has 47 heavy (non-hydrogen) atoms. The molecule has 19 heteroatoms. The van der Waals surface area contributed by atoms with Crippen LogP contribution in [0.15, 0.2) is 27.0 Å². The van der Waals surface area contributed by atoms with Crippen LogP contribution in [0.3, 0.4) is 0 Å². The number of aromatic nitrogens is 1. The van der Waals surface area contributed by atoms with Gasteiger partial charge in [-0.1, -0.05) is 23.4 Å². The van der Waals surface area contributed by atoms with E-state index >= 15 is 4.39 Å². The Labute approximate surface area is 325 Å².